The van der Waals surface area contributed by atoms with E-state index in [1.807, 2.05) is 54.0 Å². The van der Waals surface area contributed by atoms with Crippen LogP contribution in [-0.4, -0.2) is 10.7 Å². The van der Waals surface area contributed by atoms with E-state index >= 15 is 0 Å². The maximum absolute atomic E-state index is 4.92. The van der Waals surface area contributed by atoms with Crippen molar-refractivity contribution in [3.8, 4) is 0 Å². The molecule has 0 saturated carbocycles. The van der Waals surface area contributed by atoms with Crippen molar-refractivity contribution in [3.05, 3.63) is 95.5 Å². The fourth-order valence-electron chi connectivity index (χ4n) is 2.53. The molecule has 0 bridgehead atoms. The normalized spacial score (nSPS) is 10.6. The van der Waals surface area contributed by atoms with Gasteiger partial charge in [-0.3, -0.25) is 0 Å². The zero-order chi connectivity index (χ0) is 15.5. The van der Waals surface area contributed by atoms with Gasteiger partial charge in [-0.2, -0.15) is 0 Å². The molecule has 0 aliphatic rings. The summed E-state index contributed by atoms with van der Waals surface area (Å²) >= 11 is 1.64. The molecule has 3 aromatic carbocycles. The molecule has 0 aliphatic heterocycles. The lowest BCUT2D eigenvalue weighted by atomic mass is 10.0. The molecule has 0 unspecified atom stereocenters. The van der Waals surface area contributed by atoms with Gasteiger partial charge in [0.2, 0.25) is 0 Å². The molecule has 4 aromatic rings. The SMILES string of the molecule is c1ccc(C(=Nc2ccc3ncsc3c2)c2ccccc2)cc1. The van der Waals surface area contributed by atoms with Crippen LogP contribution in [0.5, 0.6) is 0 Å². The predicted octanol–water partition coefficient (Wildman–Crippen LogP) is 5.47. The topological polar surface area (TPSA) is 25.2 Å². The monoisotopic (exact) mass is 314 g/mol. The third-order valence-electron chi connectivity index (χ3n) is 3.65. The van der Waals surface area contributed by atoms with Crippen LogP contribution in [-0.2, 0) is 0 Å². The van der Waals surface area contributed by atoms with E-state index in [1.165, 1.54) is 0 Å². The van der Waals surface area contributed by atoms with Gasteiger partial charge in [0.1, 0.15) is 0 Å². The van der Waals surface area contributed by atoms with Crippen LogP contribution in [0.1, 0.15) is 11.1 Å². The Bertz CT molecular complexity index is 915. The van der Waals surface area contributed by atoms with Crippen molar-refractivity contribution < 1.29 is 0 Å². The largest absolute Gasteiger partial charge is 0.248 e. The van der Waals surface area contributed by atoms with Gasteiger partial charge in [-0.15, -0.1) is 11.3 Å². The molecule has 0 aliphatic carbocycles. The maximum atomic E-state index is 4.92. The van der Waals surface area contributed by atoms with Crippen LogP contribution in [0.4, 0.5) is 5.69 Å². The summed E-state index contributed by atoms with van der Waals surface area (Å²) < 4.78 is 1.16. The zero-order valence-electron chi connectivity index (χ0n) is 12.4. The fraction of sp³-hybridized carbons (Fsp3) is 0. The van der Waals surface area contributed by atoms with E-state index in [4.69, 9.17) is 4.99 Å². The molecule has 0 N–H and O–H groups in total. The molecule has 1 aromatic heterocycles. The predicted molar refractivity (Wildman–Crippen MR) is 97.8 cm³/mol. The molecule has 0 fully saturated rings. The Morgan fingerprint density at radius 3 is 2.09 bits per heavy atom. The van der Waals surface area contributed by atoms with Crippen molar-refractivity contribution in [3.63, 3.8) is 0 Å². The summed E-state index contributed by atoms with van der Waals surface area (Å²) in [7, 11) is 0. The lowest BCUT2D eigenvalue weighted by Crippen LogP contribution is -2.02. The summed E-state index contributed by atoms with van der Waals surface area (Å²) in [6.07, 6.45) is 0. The molecule has 0 atom stereocenters. The molecule has 0 amide bonds. The van der Waals surface area contributed by atoms with Crippen molar-refractivity contribution in [1.29, 1.82) is 0 Å². The van der Waals surface area contributed by atoms with E-state index in [9.17, 15) is 0 Å². The minimum absolute atomic E-state index is 0.949. The summed E-state index contributed by atoms with van der Waals surface area (Å²) in [5.74, 6) is 0. The van der Waals surface area contributed by atoms with Crippen molar-refractivity contribution >= 4 is 33.0 Å². The molecule has 3 heteroatoms. The van der Waals surface area contributed by atoms with Crippen molar-refractivity contribution in [2.75, 3.05) is 0 Å². The Hall–Kier alpha value is -2.78. The average Bonchev–Trinajstić information content (AvgIpc) is 3.09. The quantitative estimate of drug-likeness (QED) is 0.461. The van der Waals surface area contributed by atoms with E-state index in [0.717, 1.165) is 32.7 Å². The number of hydrogen-bond donors (Lipinski definition) is 0. The number of fused-ring (bicyclic) bond motifs is 1. The Labute approximate surface area is 138 Å². The molecule has 23 heavy (non-hydrogen) atoms. The summed E-state index contributed by atoms with van der Waals surface area (Å²) in [4.78, 5) is 9.25. The van der Waals surface area contributed by atoms with E-state index in [-0.39, 0.29) is 0 Å². The van der Waals surface area contributed by atoms with Gasteiger partial charge in [-0.25, -0.2) is 9.98 Å². The Morgan fingerprint density at radius 2 is 1.43 bits per heavy atom. The Balaban J connectivity index is 1.87. The van der Waals surface area contributed by atoms with Crippen molar-refractivity contribution in [2.45, 2.75) is 0 Å². The number of aromatic nitrogens is 1. The number of thiazole rings is 1. The lowest BCUT2D eigenvalue weighted by molar-refractivity contribution is 1.47. The highest BCUT2D eigenvalue weighted by molar-refractivity contribution is 7.16. The second kappa shape index (κ2) is 6.15. The first-order chi connectivity index (χ1) is 11.4. The molecule has 1 heterocycles. The number of rotatable bonds is 3. The van der Waals surface area contributed by atoms with Gasteiger partial charge < -0.3 is 0 Å². The van der Waals surface area contributed by atoms with Gasteiger partial charge in [-0.05, 0) is 18.2 Å². The molecule has 0 saturated heterocycles. The molecule has 0 spiro atoms. The number of benzene rings is 3. The molecule has 2 nitrogen and oxygen atoms in total. The van der Waals surface area contributed by atoms with Gasteiger partial charge in [0.25, 0.3) is 0 Å². The van der Waals surface area contributed by atoms with Crippen molar-refractivity contribution in [1.82, 2.24) is 4.98 Å². The fourth-order valence-corrected chi connectivity index (χ4v) is 3.24. The molecular formula is C20H14N2S. The Morgan fingerprint density at radius 1 is 0.783 bits per heavy atom. The molecular weight excluding hydrogens is 300 g/mol. The highest BCUT2D eigenvalue weighted by atomic mass is 32.1. The smallest absolute Gasteiger partial charge is 0.0813 e. The van der Waals surface area contributed by atoms with Gasteiger partial charge in [0.15, 0.2) is 0 Å². The minimum atomic E-state index is 0.949. The second-order valence-corrected chi connectivity index (χ2v) is 6.08. The Kier molecular flexibility index (Phi) is 3.70. The third-order valence-corrected chi connectivity index (χ3v) is 4.44. The first-order valence-electron chi connectivity index (χ1n) is 7.43. The molecule has 110 valence electrons. The van der Waals surface area contributed by atoms with Gasteiger partial charge in [0, 0.05) is 11.1 Å². The summed E-state index contributed by atoms with van der Waals surface area (Å²) in [6.45, 7) is 0. The maximum Gasteiger partial charge on any atom is 0.0813 e. The van der Waals surface area contributed by atoms with Gasteiger partial charge in [-0.1, -0.05) is 60.7 Å². The summed E-state index contributed by atoms with van der Waals surface area (Å²) in [5.41, 5.74) is 7.05. The zero-order valence-corrected chi connectivity index (χ0v) is 13.2. The van der Waals surface area contributed by atoms with Crippen LogP contribution in [0, 0.1) is 0 Å². The average molecular weight is 314 g/mol. The van der Waals surface area contributed by atoms with Crippen LogP contribution >= 0.6 is 11.3 Å². The minimum Gasteiger partial charge on any atom is -0.248 e. The van der Waals surface area contributed by atoms with E-state index in [2.05, 4.69) is 35.3 Å². The van der Waals surface area contributed by atoms with Crippen LogP contribution in [0.2, 0.25) is 0 Å². The first-order valence-corrected chi connectivity index (χ1v) is 8.31. The second-order valence-electron chi connectivity index (χ2n) is 5.20. The van der Waals surface area contributed by atoms with Crippen molar-refractivity contribution in [2.24, 2.45) is 4.99 Å². The van der Waals surface area contributed by atoms with Crippen LogP contribution in [0.25, 0.3) is 10.2 Å². The summed E-state index contributed by atoms with van der Waals surface area (Å²) in [6, 6.07) is 26.7. The van der Waals surface area contributed by atoms with Gasteiger partial charge in [0.05, 0.1) is 27.1 Å². The third kappa shape index (κ3) is 2.91. The standard InChI is InChI=1S/C20H14N2S/c1-3-7-15(8-4-1)20(16-9-5-2-6-10-16)22-17-11-12-18-19(13-17)23-14-21-18/h1-14H. The van der Waals surface area contributed by atoms with Crippen LogP contribution in [0.15, 0.2) is 89.4 Å². The van der Waals surface area contributed by atoms with Gasteiger partial charge >= 0.3 is 0 Å². The first kappa shape index (κ1) is 13.9. The number of nitrogens with zero attached hydrogens (tertiary/aromatic N) is 2. The lowest BCUT2D eigenvalue weighted by Gasteiger charge is -2.07. The van der Waals surface area contributed by atoms with E-state index in [0.29, 0.717) is 0 Å². The molecule has 4 rings (SSSR count). The van der Waals surface area contributed by atoms with E-state index < -0.39 is 0 Å². The highest BCUT2D eigenvalue weighted by Crippen LogP contribution is 2.25. The highest BCUT2D eigenvalue weighted by Gasteiger charge is 2.07. The number of hydrogen-bond acceptors (Lipinski definition) is 3. The number of aliphatic imine (C=N–C) groups is 1. The summed E-state index contributed by atoms with van der Waals surface area (Å²) in [5, 5.41) is 0. The van der Waals surface area contributed by atoms with Crippen LogP contribution < -0.4 is 0 Å². The molecule has 0 radical (unpaired) electrons. The van der Waals surface area contributed by atoms with Crippen LogP contribution in [0.3, 0.4) is 0 Å². The van der Waals surface area contributed by atoms with E-state index in [1.54, 1.807) is 11.3 Å².